The molecule has 2 fully saturated rings. The van der Waals surface area contributed by atoms with Gasteiger partial charge in [-0.2, -0.15) is 4.31 Å². The Morgan fingerprint density at radius 2 is 1.96 bits per heavy atom. The van der Waals surface area contributed by atoms with Crippen LogP contribution in [-0.4, -0.2) is 71.0 Å². The van der Waals surface area contributed by atoms with Crippen LogP contribution in [0.25, 0.3) is 0 Å². The normalized spacial score (nSPS) is 20.0. The third-order valence-corrected chi connectivity index (χ3v) is 6.74. The summed E-state index contributed by atoms with van der Waals surface area (Å²) < 4.78 is 43.6. The number of methoxy groups -OCH3 is 1. The largest absolute Gasteiger partial charge is 0.385 e. The molecule has 1 N–H and O–H groups in total. The van der Waals surface area contributed by atoms with Crippen LogP contribution < -0.4 is 5.32 Å². The monoisotopic (exact) mass is 398 g/mol. The maximum Gasteiger partial charge on any atom is 0.251 e. The van der Waals surface area contributed by atoms with Crippen molar-refractivity contribution in [2.45, 2.75) is 29.9 Å². The quantitative estimate of drug-likeness (QED) is 0.688. The van der Waals surface area contributed by atoms with Crippen molar-refractivity contribution in [2.24, 2.45) is 0 Å². The van der Waals surface area contributed by atoms with Crippen LogP contribution >= 0.6 is 0 Å². The van der Waals surface area contributed by atoms with Crippen LogP contribution in [0.15, 0.2) is 29.2 Å². The lowest BCUT2D eigenvalue weighted by molar-refractivity contribution is -0.179. The molecule has 8 nitrogen and oxygen atoms in total. The Bertz CT molecular complexity index is 751. The van der Waals surface area contributed by atoms with Crippen LogP contribution in [0.4, 0.5) is 0 Å². The third-order valence-electron chi connectivity index (χ3n) is 4.84. The second-order valence-corrected chi connectivity index (χ2v) is 8.58. The Kier molecular flexibility index (Phi) is 6.48. The molecule has 0 aliphatic carbocycles. The van der Waals surface area contributed by atoms with Gasteiger partial charge in [0, 0.05) is 51.8 Å². The van der Waals surface area contributed by atoms with E-state index in [0.717, 1.165) is 0 Å². The standard InChI is InChI=1S/C18H26N2O6S/c1-24-11-3-8-19-17(21)15-4-2-5-16(14-15)27(22,23)20-9-6-18(7-10-20)25-12-13-26-18/h2,4-5,14H,3,6-13H2,1H3,(H,19,21). The van der Waals surface area contributed by atoms with Gasteiger partial charge in [0.05, 0.1) is 18.1 Å². The number of benzene rings is 1. The van der Waals surface area contributed by atoms with Crippen LogP contribution in [0.1, 0.15) is 29.6 Å². The van der Waals surface area contributed by atoms with Crippen LogP contribution in [0.3, 0.4) is 0 Å². The average molecular weight is 398 g/mol. The number of nitrogens with one attached hydrogen (secondary N) is 1. The predicted molar refractivity (Wildman–Crippen MR) is 97.9 cm³/mol. The number of sulfonamides is 1. The fraction of sp³-hybridized carbons (Fsp3) is 0.611. The minimum atomic E-state index is -3.67. The van der Waals surface area contributed by atoms with Crippen LogP contribution in [-0.2, 0) is 24.2 Å². The lowest BCUT2D eigenvalue weighted by Gasteiger charge is -2.36. The second-order valence-electron chi connectivity index (χ2n) is 6.64. The summed E-state index contributed by atoms with van der Waals surface area (Å²) in [5.41, 5.74) is 0.324. The Morgan fingerprint density at radius 3 is 2.63 bits per heavy atom. The summed E-state index contributed by atoms with van der Waals surface area (Å²) in [5, 5.41) is 2.76. The molecule has 1 aromatic carbocycles. The van der Waals surface area contributed by atoms with Crippen molar-refractivity contribution in [3.8, 4) is 0 Å². The van der Waals surface area contributed by atoms with Gasteiger partial charge in [0.1, 0.15) is 0 Å². The topological polar surface area (TPSA) is 94.2 Å². The minimum absolute atomic E-state index is 0.122. The van der Waals surface area contributed by atoms with Gasteiger partial charge in [0.2, 0.25) is 10.0 Å². The second kappa shape index (κ2) is 8.66. The summed E-state index contributed by atoms with van der Waals surface area (Å²) in [6, 6.07) is 6.14. The van der Waals surface area contributed by atoms with Gasteiger partial charge in [-0.3, -0.25) is 4.79 Å². The molecular formula is C18H26N2O6S. The van der Waals surface area contributed by atoms with Crippen molar-refractivity contribution in [1.29, 1.82) is 0 Å². The minimum Gasteiger partial charge on any atom is -0.385 e. The first kappa shape index (κ1) is 20.2. The molecule has 1 spiro atoms. The van der Waals surface area contributed by atoms with Crippen LogP contribution in [0.5, 0.6) is 0 Å². The fourth-order valence-corrected chi connectivity index (χ4v) is 4.81. The van der Waals surface area contributed by atoms with Crippen molar-refractivity contribution < 1.29 is 27.4 Å². The first-order chi connectivity index (χ1) is 13.0. The summed E-state index contributed by atoms with van der Waals surface area (Å²) >= 11 is 0. The number of carbonyl (C=O) groups excluding carboxylic acids is 1. The van der Waals surface area contributed by atoms with Crippen molar-refractivity contribution in [2.75, 3.05) is 46.6 Å². The van der Waals surface area contributed by atoms with Gasteiger partial charge in [-0.25, -0.2) is 8.42 Å². The van der Waals surface area contributed by atoms with Gasteiger partial charge in [-0.1, -0.05) is 6.07 Å². The molecule has 0 bridgehead atoms. The van der Waals surface area contributed by atoms with Gasteiger partial charge >= 0.3 is 0 Å². The first-order valence-corrected chi connectivity index (χ1v) is 10.6. The lowest BCUT2D eigenvalue weighted by atomic mass is 10.1. The van der Waals surface area contributed by atoms with Gasteiger partial charge in [-0.05, 0) is 24.6 Å². The zero-order valence-electron chi connectivity index (χ0n) is 15.5. The molecule has 2 heterocycles. The molecule has 27 heavy (non-hydrogen) atoms. The number of nitrogens with zero attached hydrogens (tertiary/aromatic N) is 1. The van der Waals surface area contributed by atoms with E-state index in [1.54, 1.807) is 19.2 Å². The fourth-order valence-electron chi connectivity index (χ4n) is 3.32. The van der Waals surface area contributed by atoms with E-state index in [1.165, 1.54) is 16.4 Å². The molecule has 3 rings (SSSR count). The Balaban J connectivity index is 1.65. The van der Waals surface area contributed by atoms with Crippen molar-refractivity contribution in [3.05, 3.63) is 29.8 Å². The molecular weight excluding hydrogens is 372 g/mol. The number of rotatable bonds is 7. The summed E-state index contributed by atoms with van der Waals surface area (Å²) in [5.74, 6) is -0.927. The number of amides is 1. The predicted octanol–water partition coefficient (Wildman–Crippen LogP) is 0.981. The summed E-state index contributed by atoms with van der Waals surface area (Å²) in [4.78, 5) is 12.4. The lowest BCUT2D eigenvalue weighted by Crippen LogP contribution is -2.47. The van der Waals surface area contributed by atoms with E-state index in [2.05, 4.69) is 5.32 Å². The zero-order valence-corrected chi connectivity index (χ0v) is 16.3. The smallest absolute Gasteiger partial charge is 0.251 e. The van der Waals surface area contributed by atoms with E-state index in [9.17, 15) is 13.2 Å². The van der Waals surface area contributed by atoms with Crippen molar-refractivity contribution in [1.82, 2.24) is 9.62 Å². The van der Waals surface area contributed by atoms with Gasteiger partial charge < -0.3 is 19.5 Å². The Hall–Kier alpha value is -1.52. The van der Waals surface area contributed by atoms with E-state index in [4.69, 9.17) is 14.2 Å². The first-order valence-electron chi connectivity index (χ1n) is 9.12. The summed E-state index contributed by atoms with van der Waals surface area (Å²) in [6.45, 7) is 2.78. The highest BCUT2D eigenvalue weighted by atomic mass is 32.2. The highest BCUT2D eigenvalue weighted by molar-refractivity contribution is 7.89. The molecule has 0 radical (unpaired) electrons. The molecule has 1 amide bonds. The summed E-state index contributed by atoms with van der Waals surface area (Å²) in [6.07, 6.45) is 1.71. The van der Waals surface area contributed by atoms with E-state index < -0.39 is 15.8 Å². The van der Waals surface area contributed by atoms with Gasteiger partial charge in [0.15, 0.2) is 5.79 Å². The maximum absolute atomic E-state index is 13.0. The molecule has 0 saturated carbocycles. The van der Waals surface area contributed by atoms with Crippen LogP contribution in [0, 0.1) is 0 Å². The van der Waals surface area contributed by atoms with Crippen LogP contribution in [0.2, 0.25) is 0 Å². The SMILES string of the molecule is COCCCNC(=O)c1cccc(S(=O)(=O)N2CCC3(CC2)OCCO3)c1. The molecule has 0 atom stereocenters. The maximum atomic E-state index is 13.0. The molecule has 2 aliphatic rings. The number of piperidine rings is 1. The molecule has 1 aromatic rings. The highest BCUT2D eigenvalue weighted by Gasteiger charge is 2.42. The average Bonchev–Trinajstić information content (AvgIpc) is 3.13. The molecule has 2 saturated heterocycles. The van der Waals surface area contributed by atoms with E-state index in [1.807, 2.05) is 0 Å². The number of carbonyl (C=O) groups is 1. The van der Waals surface area contributed by atoms with E-state index in [0.29, 0.717) is 64.3 Å². The summed E-state index contributed by atoms with van der Waals surface area (Å²) in [7, 11) is -2.07. The molecule has 2 aliphatic heterocycles. The molecule has 0 aromatic heterocycles. The third kappa shape index (κ3) is 4.67. The number of ether oxygens (including phenoxy) is 3. The molecule has 9 heteroatoms. The van der Waals surface area contributed by atoms with Gasteiger partial charge in [0.25, 0.3) is 5.91 Å². The molecule has 0 unspecified atom stereocenters. The Morgan fingerprint density at radius 1 is 1.26 bits per heavy atom. The van der Waals surface area contributed by atoms with Crippen molar-refractivity contribution >= 4 is 15.9 Å². The zero-order chi connectivity index (χ0) is 19.3. The Labute approximate surface area is 159 Å². The van der Waals surface area contributed by atoms with E-state index in [-0.39, 0.29) is 10.8 Å². The van der Waals surface area contributed by atoms with Crippen molar-refractivity contribution in [3.63, 3.8) is 0 Å². The van der Waals surface area contributed by atoms with Gasteiger partial charge in [-0.15, -0.1) is 0 Å². The number of hydrogen-bond acceptors (Lipinski definition) is 6. The highest BCUT2D eigenvalue weighted by Crippen LogP contribution is 2.33. The van der Waals surface area contributed by atoms with E-state index >= 15 is 0 Å². The molecule has 150 valence electrons. The number of hydrogen-bond donors (Lipinski definition) is 1.